The molecule has 0 unspecified atom stereocenters. The minimum absolute atomic E-state index is 0.0615. The second-order valence-corrected chi connectivity index (χ2v) is 7.84. The lowest BCUT2D eigenvalue weighted by Gasteiger charge is -2.34. The third kappa shape index (κ3) is 4.27. The van der Waals surface area contributed by atoms with E-state index in [0.29, 0.717) is 44.2 Å². The Morgan fingerprint density at radius 1 is 1.18 bits per heavy atom. The normalized spacial score (nSPS) is 14.1. The van der Waals surface area contributed by atoms with Crippen LogP contribution >= 0.6 is 11.3 Å². The number of ether oxygens (including phenoxy) is 1. The average Bonchev–Trinajstić information content (AvgIpc) is 3.13. The van der Waals surface area contributed by atoms with E-state index in [2.05, 4.69) is 18.4 Å². The summed E-state index contributed by atoms with van der Waals surface area (Å²) in [6, 6.07) is 5.86. The Bertz CT molecular complexity index is 857. The van der Waals surface area contributed by atoms with E-state index < -0.39 is 0 Å². The number of thiophene rings is 1. The quantitative estimate of drug-likeness (QED) is 0.786. The number of piperazine rings is 1. The number of anilines is 1. The first kappa shape index (κ1) is 20.1. The van der Waals surface area contributed by atoms with Crippen LogP contribution in [0.1, 0.15) is 22.8 Å². The van der Waals surface area contributed by atoms with Crippen molar-refractivity contribution in [3.63, 3.8) is 0 Å². The number of hydrogen-bond donors (Lipinski definition) is 0. The van der Waals surface area contributed by atoms with E-state index in [1.54, 1.807) is 28.1 Å². The minimum atomic E-state index is -0.319. The van der Waals surface area contributed by atoms with E-state index >= 15 is 0 Å². The molecule has 0 bridgehead atoms. The largest absolute Gasteiger partial charge is 0.450 e. The predicted molar refractivity (Wildman–Crippen MR) is 111 cm³/mol. The lowest BCUT2D eigenvalue weighted by molar-refractivity contribution is 0.0570. The van der Waals surface area contributed by atoms with Crippen molar-refractivity contribution in [2.45, 2.75) is 13.8 Å². The molecule has 1 aliphatic heterocycles. The summed E-state index contributed by atoms with van der Waals surface area (Å²) in [5.41, 5.74) is 2.64. The molecule has 7 nitrogen and oxygen atoms in total. The molecule has 8 heteroatoms. The van der Waals surface area contributed by atoms with Crippen molar-refractivity contribution in [3.8, 4) is 10.6 Å². The van der Waals surface area contributed by atoms with Gasteiger partial charge in [-0.1, -0.05) is 0 Å². The number of carbonyl (C=O) groups is 2. The van der Waals surface area contributed by atoms with Gasteiger partial charge < -0.3 is 19.4 Å². The highest BCUT2D eigenvalue weighted by molar-refractivity contribution is 7.13. The number of rotatable bonds is 4. The Morgan fingerprint density at radius 3 is 2.43 bits per heavy atom. The van der Waals surface area contributed by atoms with E-state index in [0.717, 1.165) is 10.6 Å². The lowest BCUT2D eigenvalue weighted by atomic mass is 10.1. The predicted octanol–water partition coefficient (Wildman–Crippen LogP) is 3.10. The van der Waals surface area contributed by atoms with Crippen molar-refractivity contribution in [2.24, 2.45) is 0 Å². The van der Waals surface area contributed by atoms with Crippen LogP contribution in [-0.2, 0) is 4.74 Å². The monoisotopic (exact) mass is 402 g/mol. The summed E-state index contributed by atoms with van der Waals surface area (Å²) in [5, 5.41) is 2.09. The second kappa shape index (κ2) is 8.60. The molecule has 2 aromatic rings. The zero-order chi connectivity index (χ0) is 20.3. The van der Waals surface area contributed by atoms with Crippen molar-refractivity contribution in [2.75, 3.05) is 51.8 Å². The van der Waals surface area contributed by atoms with Gasteiger partial charge in [-0.2, -0.15) is 0 Å². The maximum absolute atomic E-state index is 13.1. The highest BCUT2D eigenvalue weighted by Crippen LogP contribution is 2.29. The van der Waals surface area contributed by atoms with Gasteiger partial charge in [-0.25, -0.2) is 9.78 Å². The van der Waals surface area contributed by atoms with Crippen molar-refractivity contribution in [3.05, 3.63) is 34.7 Å². The van der Waals surface area contributed by atoms with Gasteiger partial charge in [0, 0.05) is 40.3 Å². The van der Waals surface area contributed by atoms with Gasteiger partial charge in [0.25, 0.3) is 5.91 Å². The van der Waals surface area contributed by atoms with Gasteiger partial charge in [-0.05, 0) is 43.0 Å². The van der Waals surface area contributed by atoms with Crippen LogP contribution in [0, 0.1) is 6.92 Å². The van der Waals surface area contributed by atoms with Gasteiger partial charge in [0.1, 0.15) is 5.82 Å². The number of nitrogens with zero attached hydrogens (tertiary/aromatic N) is 4. The van der Waals surface area contributed by atoms with E-state index in [-0.39, 0.29) is 12.0 Å². The van der Waals surface area contributed by atoms with Gasteiger partial charge >= 0.3 is 6.09 Å². The minimum Gasteiger partial charge on any atom is -0.450 e. The topological polar surface area (TPSA) is 66.0 Å². The Hall–Kier alpha value is -2.61. The molecule has 1 fully saturated rings. The molecule has 3 heterocycles. The van der Waals surface area contributed by atoms with Crippen LogP contribution in [-0.4, -0.2) is 73.7 Å². The third-order valence-corrected chi connectivity index (χ3v) is 5.68. The molecule has 2 aromatic heterocycles. The number of aryl methyl sites for hydroxylation is 1. The first-order valence-electron chi connectivity index (χ1n) is 9.35. The lowest BCUT2D eigenvalue weighted by Crippen LogP contribution is -2.50. The van der Waals surface area contributed by atoms with Crippen LogP contribution in [0.15, 0.2) is 23.6 Å². The first-order valence-corrected chi connectivity index (χ1v) is 10.2. The number of aromatic nitrogens is 1. The maximum atomic E-state index is 13.1. The van der Waals surface area contributed by atoms with E-state index in [1.807, 2.05) is 31.1 Å². The number of carbonyl (C=O) groups excluding carboxylic acids is 2. The molecule has 0 aromatic carbocycles. The fraction of sp³-hybridized carbons (Fsp3) is 0.450. The molecule has 1 saturated heterocycles. The molecule has 1 aliphatic rings. The van der Waals surface area contributed by atoms with Gasteiger partial charge in [0.05, 0.1) is 22.7 Å². The van der Waals surface area contributed by atoms with Crippen LogP contribution in [0.2, 0.25) is 0 Å². The molecular formula is C20H26N4O3S. The average molecular weight is 403 g/mol. The maximum Gasteiger partial charge on any atom is 0.409 e. The molecule has 2 amide bonds. The Balaban J connectivity index is 1.77. The van der Waals surface area contributed by atoms with Crippen molar-refractivity contribution in [1.82, 2.24) is 14.8 Å². The zero-order valence-electron chi connectivity index (χ0n) is 16.8. The van der Waals surface area contributed by atoms with Crippen LogP contribution in [0.4, 0.5) is 10.6 Å². The van der Waals surface area contributed by atoms with Gasteiger partial charge in [-0.15, -0.1) is 11.3 Å². The van der Waals surface area contributed by atoms with Crippen LogP contribution in [0.3, 0.4) is 0 Å². The third-order valence-electron chi connectivity index (χ3n) is 4.61. The molecule has 0 N–H and O–H groups in total. The van der Waals surface area contributed by atoms with Crippen molar-refractivity contribution < 1.29 is 14.3 Å². The van der Waals surface area contributed by atoms with Gasteiger partial charge in [0.2, 0.25) is 0 Å². The van der Waals surface area contributed by atoms with Gasteiger partial charge in [0.15, 0.2) is 0 Å². The number of hydrogen-bond acceptors (Lipinski definition) is 6. The molecular weight excluding hydrogens is 376 g/mol. The summed E-state index contributed by atoms with van der Waals surface area (Å²) < 4.78 is 5.04. The molecule has 3 rings (SSSR count). The van der Waals surface area contributed by atoms with E-state index in [9.17, 15) is 9.59 Å². The summed E-state index contributed by atoms with van der Waals surface area (Å²) in [6.45, 7) is 6.11. The highest BCUT2D eigenvalue weighted by atomic mass is 32.1. The molecule has 0 radical (unpaired) electrons. The molecule has 0 saturated carbocycles. The molecule has 0 spiro atoms. The van der Waals surface area contributed by atoms with E-state index in [4.69, 9.17) is 9.72 Å². The summed E-state index contributed by atoms with van der Waals surface area (Å²) >= 11 is 1.65. The summed E-state index contributed by atoms with van der Waals surface area (Å²) in [5.74, 6) is 0.593. The van der Waals surface area contributed by atoms with Crippen molar-refractivity contribution >= 4 is 29.2 Å². The summed E-state index contributed by atoms with van der Waals surface area (Å²) in [4.78, 5) is 36.1. The molecule has 0 atom stereocenters. The molecule has 150 valence electrons. The highest BCUT2D eigenvalue weighted by Gasteiger charge is 2.27. The smallest absolute Gasteiger partial charge is 0.409 e. The Kier molecular flexibility index (Phi) is 6.18. The molecule has 0 aliphatic carbocycles. The fourth-order valence-electron chi connectivity index (χ4n) is 3.14. The first-order chi connectivity index (χ1) is 13.4. The zero-order valence-corrected chi connectivity index (χ0v) is 17.6. The van der Waals surface area contributed by atoms with Crippen LogP contribution in [0.25, 0.3) is 10.6 Å². The van der Waals surface area contributed by atoms with Crippen molar-refractivity contribution in [1.29, 1.82) is 0 Å². The number of pyridine rings is 1. The number of amides is 2. The van der Waals surface area contributed by atoms with E-state index in [1.165, 1.54) is 5.56 Å². The standard InChI is InChI=1S/C20H26N4O3S/c1-5-27-20(26)24-10-8-23(9-11-24)19(25)15-6-7-16(21-18(15)22(3)4)17-12-14(2)13-28-17/h6-7,12-13H,5,8-11H2,1-4H3. The summed E-state index contributed by atoms with van der Waals surface area (Å²) in [6.07, 6.45) is -0.319. The summed E-state index contributed by atoms with van der Waals surface area (Å²) in [7, 11) is 3.78. The fourth-order valence-corrected chi connectivity index (χ4v) is 4.01. The second-order valence-electron chi connectivity index (χ2n) is 6.93. The van der Waals surface area contributed by atoms with Crippen LogP contribution in [0.5, 0.6) is 0 Å². The SMILES string of the molecule is CCOC(=O)N1CCN(C(=O)c2ccc(-c3cc(C)cs3)nc2N(C)C)CC1. The Morgan fingerprint density at radius 2 is 1.86 bits per heavy atom. The van der Waals surface area contributed by atoms with Crippen LogP contribution < -0.4 is 4.90 Å². The van der Waals surface area contributed by atoms with Gasteiger partial charge in [-0.3, -0.25) is 4.79 Å². The Labute approximate surface area is 169 Å². The molecule has 28 heavy (non-hydrogen) atoms.